The van der Waals surface area contributed by atoms with Gasteiger partial charge in [0.05, 0.1) is 11.1 Å². The highest BCUT2D eigenvalue weighted by Crippen LogP contribution is 2.29. The van der Waals surface area contributed by atoms with Gasteiger partial charge in [0.15, 0.2) is 0 Å². The maximum absolute atomic E-state index is 12.8. The lowest BCUT2D eigenvalue weighted by atomic mass is 9.86. The predicted molar refractivity (Wildman–Crippen MR) is 114 cm³/mol. The number of nitrogens with zero attached hydrogens (tertiary/aromatic N) is 2. The van der Waals surface area contributed by atoms with Crippen molar-refractivity contribution in [2.45, 2.75) is 52.9 Å². The predicted octanol–water partition coefficient (Wildman–Crippen LogP) is 4.89. The molecule has 0 atom stereocenters. The van der Waals surface area contributed by atoms with Gasteiger partial charge in [0.2, 0.25) is 0 Å². The number of hydrogen-bond donors (Lipinski definition) is 1. The molecule has 28 heavy (non-hydrogen) atoms. The number of carbonyl (C=O) groups excluding carboxylic acids is 2. The maximum Gasteiger partial charge on any atom is 0.257 e. The minimum Gasteiger partial charge on any atom is -0.339 e. The van der Waals surface area contributed by atoms with Gasteiger partial charge in [0.25, 0.3) is 11.8 Å². The van der Waals surface area contributed by atoms with Gasteiger partial charge < -0.3 is 10.2 Å². The number of benzene rings is 1. The lowest BCUT2D eigenvalue weighted by Crippen LogP contribution is -2.32. The van der Waals surface area contributed by atoms with Gasteiger partial charge >= 0.3 is 0 Å². The van der Waals surface area contributed by atoms with Gasteiger partial charge in [0, 0.05) is 31.2 Å². The van der Waals surface area contributed by atoms with Crippen LogP contribution in [-0.2, 0) is 5.41 Å². The fraction of sp³-hybridized carbons (Fsp3) is 0.435. The molecular weight excluding hydrogens is 350 g/mol. The molecule has 2 amide bonds. The smallest absolute Gasteiger partial charge is 0.257 e. The number of rotatable bonds is 7. The quantitative estimate of drug-likeness (QED) is 0.742. The molecule has 1 N–H and O–H groups in total. The van der Waals surface area contributed by atoms with Crippen molar-refractivity contribution in [3.63, 3.8) is 0 Å². The van der Waals surface area contributed by atoms with Gasteiger partial charge in [-0.15, -0.1) is 0 Å². The zero-order valence-electron chi connectivity index (χ0n) is 17.6. The molecule has 2 aromatic rings. The Bertz CT molecular complexity index is 819. The first-order valence-corrected chi connectivity index (χ1v) is 9.93. The molecule has 0 aliphatic heterocycles. The summed E-state index contributed by atoms with van der Waals surface area (Å²) in [7, 11) is 0. The molecule has 1 aromatic carbocycles. The Kier molecular flexibility index (Phi) is 7.32. The van der Waals surface area contributed by atoms with Crippen LogP contribution in [0.5, 0.6) is 0 Å². The summed E-state index contributed by atoms with van der Waals surface area (Å²) in [6, 6.07) is 9.40. The summed E-state index contributed by atoms with van der Waals surface area (Å²) in [5, 5.41) is 2.98. The van der Waals surface area contributed by atoms with E-state index in [0.717, 1.165) is 24.1 Å². The number of anilines is 1. The molecule has 5 nitrogen and oxygen atoms in total. The van der Waals surface area contributed by atoms with Crippen molar-refractivity contribution in [2.24, 2.45) is 0 Å². The van der Waals surface area contributed by atoms with Gasteiger partial charge in [-0.3, -0.25) is 14.6 Å². The second-order valence-electron chi connectivity index (χ2n) is 8.00. The molecule has 5 heteroatoms. The van der Waals surface area contributed by atoms with Crippen molar-refractivity contribution in [1.29, 1.82) is 0 Å². The molecule has 0 aliphatic carbocycles. The lowest BCUT2D eigenvalue weighted by Gasteiger charge is -2.23. The SMILES string of the molecule is CCCN(CCC)C(=O)c1cncc(C(=O)Nc2ccccc2C(C)(C)C)c1. The van der Waals surface area contributed by atoms with Crippen LogP contribution >= 0.6 is 0 Å². The van der Waals surface area contributed by atoms with E-state index in [1.807, 2.05) is 43.0 Å². The third kappa shape index (κ3) is 5.41. The molecule has 0 saturated carbocycles. The van der Waals surface area contributed by atoms with Crippen LogP contribution in [0.2, 0.25) is 0 Å². The average molecular weight is 382 g/mol. The minimum absolute atomic E-state index is 0.0825. The van der Waals surface area contributed by atoms with Crippen LogP contribution in [0.1, 0.15) is 73.7 Å². The van der Waals surface area contributed by atoms with E-state index in [2.05, 4.69) is 31.1 Å². The van der Waals surface area contributed by atoms with Gasteiger partial charge in [-0.2, -0.15) is 0 Å². The van der Waals surface area contributed by atoms with Crippen LogP contribution in [-0.4, -0.2) is 34.8 Å². The molecule has 0 radical (unpaired) electrons. The van der Waals surface area contributed by atoms with Crippen molar-refractivity contribution < 1.29 is 9.59 Å². The van der Waals surface area contributed by atoms with E-state index >= 15 is 0 Å². The first-order valence-electron chi connectivity index (χ1n) is 9.93. The summed E-state index contributed by atoms with van der Waals surface area (Å²) < 4.78 is 0. The Labute approximate surface area is 168 Å². The van der Waals surface area contributed by atoms with Gasteiger partial charge in [0.1, 0.15) is 0 Å². The van der Waals surface area contributed by atoms with E-state index in [1.165, 1.54) is 12.4 Å². The summed E-state index contributed by atoms with van der Waals surface area (Å²) in [6.07, 6.45) is 4.81. The third-order valence-corrected chi connectivity index (χ3v) is 4.50. The van der Waals surface area contributed by atoms with E-state index in [-0.39, 0.29) is 17.2 Å². The standard InChI is InChI=1S/C23H31N3O2/c1-6-12-26(13-7-2)22(28)18-14-17(15-24-16-18)21(27)25-20-11-9-8-10-19(20)23(3,4)5/h8-11,14-16H,6-7,12-13H2,1-5H3,(H,25,27). The highest BCUT2D eigenvalue weighted by atomic mass is 16.2. The van der Waals surface area contributed by atoms with Crippen molar-refractivity contribution >= 4 is 17.5 Å². The Balaban J connectivity index is 2.25. The molecule has 2 rings (SSSR count). The van der Waals surface area contributed by atoms with Crippen molar-refractivity contribution in [3.8, 4) is 0 Å². The Morgan fingerprint density at radius 3 is 2.21 bits per heavy atom. The lowest BCUT2D eigenvalue weighted by molar-refractivity contribution is 0.0755. The average Bonchev–Trinajstić information content (AvgIpc) is 2.67. The summed E-state index contributed by atoms with van der Waals surface area (Å²) >= 11 is 0. The van der Waals surface area contributed by atoms with Crippen LogP contribution in [0.25, 0.3) is 0 Å². The molecule has 150 valence electrons. The van der Waals surface area contributed by atoms with Crippen LogP contribution in [0, 0.1) is 0 Å². The van der Waals surface area contributed by atoms with Crippen molar-refractivity contribution in [2.75, 3.05) is 18.4 Å². The molecule has 0 fully saturated rings. The van der Waals surface area contributed by atoms with E-state index < -0.39 is 0 Å². The highest BCUT2D eigenvalue weighted by Gasteiger charge is 2.20. The second-order valence-corrected chi connectivity index (χ2v) is 8.00. The van der Waals surface area contributed by atoms with Crippen LogP contribution < -0.4 is 5.32 Å². The number of pyridine rings is 1. The molecule has 0 saturated heterocycles. The maximum atomic E-state index is 12.8. The van der Waals surface area contributed by atoms with Crippen LogP contribution in [0.4, 0.5) is 5.69 Å². The fourth-order valence-electron chi connectivity index (χ4n) is 3.16. The van der Waals surface area contributed by atoms with E-state index in [1.54, 1.807) is 6.07 Å². The topological polar surface area (TPSA) is 62.3 Å². The summed E-state index contributed by atoms with van der Waals surface area (Å²) in [5.74, 6) is -0.350. The molecule has 0 unspecified atom stereocenters. The van der Waals surface area contributed by atoms with Crippen LogP contribution in [0.3, 0.4) is 0 Å². The Morgan fingerprint density at radius 1 is 1.00 bits per heavy atom. The van der Waals surface area contributed by atoms with Gasteiger partial charge in [-0.25, -0.2) is 0 Å². The number of para-hydroxylation sites is 1. The number of nitrogens with one attached hydrogen (secondary N) is 1. The number of hydrogen-bond acceptors (Lipinski definition) is 3. The Hall–Kier alpha value is -2.69. The zero-order chi connectivity index (χ0) is 20.7. The van der Waals surface area contributed by atoms with E-state index in [9.17, 15) is 9.59 Å². The summed E-state index contributed by atoms with van der Waals surface area (Å²) in [4.78, 5) is 31.6. The largest absolute Gasteiger partial charge is 0.339 e. The first kappa shape index (κ1) is 21.6. The zero-order valence-corrected chi connectivity index (χ0v) is 17.6. The summed E-state index contributed by atoms with van der Waals surface area (Å²) in [5.41, 5.74) is 2.55. The van der Waals surface area contributed by atoms with Crippen molar-refractivity contribution in [1.82, 2.24) is 9.88 Å². The molecule has 1 heterocycles. The summed E-state index contributed by atoms with van der Waals surface area (Å²) in [6.45, 7) is 11.8. The van der Waals surface area contributed by atoms with E-state index in [4.69, 9.17) is 0 Å². The highest BCUT2D eigenvalue weighted by molar-refractivity contribution is 6.06. The first-order chi connectivity index (χ1) is 13.3. The van der Waals surface area contributed by atoms with Gasteiger partial charge in [-0.05, 0) is 36.0 Å². The van der Waals surface area contributed by atoms with Crippen LogP contribution in [0.15, 0.2) is 42.7 Å². The molecular formula is C23H31N3O2. The molecule has 0 aliphatic rings. The third-order valence-electron chi connectivity index (χ3n) is 4.50. The second kappa shape index (κ2) is 9.49. The van der Waals surface area contributed by atoms with E-state index in [0.29, 0.717) is 24.2 Å². The number of carbonyl (C=O) groups is 2. The van der Waals surface area contributed by atoms with Crippen molar-refractivity contribution in [3.05, 3.63) is 59.4 Å². The molecule has 1 aromatic heterocycles. The minimum atomic E-state index is -0.267. The molecule has 0 spiro atoms. The normalized spacial score (nSPS) is 11.2. The fourth-order valence-corrected chi connectivity index (χ4v) is 3.16. The number of aromatic nitrogens is 1. The monoisotopic (exact) mass is 381 g/mol. The Morgan fingerprint density at radius 2 is 1.61 bits per heavy atom. The number of amides is 2. The molecule has 0 bridgehead atoms. The van der Waals surface area contributed by atoms with Gasteiger partial charge in [-0.1, -0.05) is 52.8 Å².